The Morgan fingerprint density at radius 1 is 1.50 bits per heavy atom. The monoisotopic (exact) mass is 252 g/mol. The first-order valence-electron chi connectivity index (χ1n) is 5.26. The van der Waals surface area contributed by atoms with Crippen LogP contribution in [-0.2, 0) is 14.4 Å². The molecule has 0 unspecified atom stereocenters. The first kappa shape index (κ1) is 14.1. The van der Waals surface area contributed by atoms with Crippen LogP contribution in [0, 0.1) is 0 Å². The molecule has 3 amide bonds. The quantitative estimate of drug-likeness (QED) is 0.263. The van der Waals surface area contributed by atoms with E-state index in [9.17, 15) is 14.4 Å². The summed E-state index contributed by atoms with van der Waals surface area (Å²) >= 11 is 0. The Hall–Kier alpha value is -1.93. The zero-order chi connectivity index (χ0) is 13.7. The zero-order valence-electron chi connectivity index (χ0n) is 9.77. The van der Waals surface area contributed by atoms with Crippen LogP contribution in [0.25, 0.3) is 0 Å². The summed E-state index contributed by atoms with van der Waals surface area (Å²) in [7, 11) is -1.62. The average molecular weight is 252 g/mol. The molecule has 1 heterocycles. The molecule has 18 heavy (non-hydrogen) atoms. The van der Waals surface area contributed by atoms with Gasteiger partial charge in [-0.3, -0.25) is 19.7 Å². The largest absolute Gasteiger partial charge is 0.472 e. The van der Waals surface area contributed by atoms with E-state index in [1.807, 2.05) is 0 Å². The standard InChI is InChI=1S/C10H13BN2O5/c1-6-7(4-9(15)13-10(6)16)2-3-8(14)12-5-11(17)18/h2-3,17-18H,4-5H2,1H3,(H,12,14)(H,13,15,16)/b3-2+. The topological polar surface area (TPSA) is 116 Å². The number of allylic oxidation sites excluding steroid dienone is 1. The van der Waals surface area contributed by atoms with Crippen LogP contribution in [0.15, 0.2) is 23.3 Å². The predicted molar refractivity (Wildman–Crippen MR) is 62.8 cm³/mol. The van der Waals surface area contributed by atoms with Gasteiger partial charge in [0.15, 0.2) is 0 Å². The fourth-order valence-corrected chi connectivity index (χ4v) is 1.33. The van der Waals surface area contributed by atoms with Crippen molar-refractivity contribution in [1.29, 1.82) is 0 Å². The molecule has 1 aliphatic rings. The van der Waals surface area contributed by atoms with Crippen LogP contribution in [0.4, 0.5) is 0 Å². The van der Waals surface area contributed by atoms with Crippen LogP contribution in [-0.4, -0.2) is 41.3 Å². The van der Waals surface area contributed by atoms with E-state index in [-0.39, 0.29) is 12.9 Å². The van der Waals surface area contributed by atoms with Crippen LogP contribution in [0.5, 0.6) is 0 Å². The highest BCUT2D eigenvalue weighted by Crippen LogP contribution is 2.14. The predicted octanol–water partition coefficient (Wildman–Crippen LogP) is -1.97. The van der Waals surface area contributed by atoms with Gasteiger partial charge in [-0.05, 0) is 12.5 Å². The number of hydrogen-bond acceptors (Lipinski definition) is 5. The van der Waals surface area contributed by atoms with E-state index in [2.05, 4.69) is 10.6 Å². The van der Waals surface area contributed by atoms with Crippen LogP contribution in [0.1, 0.15) is 13.3 Å². The molecule has 0 aromatic heterocycles. The van der Waals surface area contributed by atoms with Crippen molar-refractivity contribution in [2.24, 2.45) is 0 Å². The van der Waals surface area contributed by atoms with Gasteiger partial charge >= 0.3 is 7.12 Å². The number of carbonyl (C=O) groups is 3. The first-order valence-corrected chi connectivity index (χ1v) is 5.26. The lowest BCUT2D eigenvalue weighted by Crippen LogP contribution is -2.36. The van der Waals surface area contributed by atoms with E-state index >= 15 is 0 Å². The third-order valence-corrected chi connectivity index (χ3v) is 2.32. The summed E-state index contributed by atoms with van der Waals surface area (Å²) in [6.07, 6.45) is 2.24. The summed E-state index contributed by atoms with van der Waals surface area (Å²) in [6.45, 7) is 1.55. The minimum Gasteiger partial charge on any atom is -0.426 e. The molecule has 0 fully saturated rings. The summed E-state index contributed by atoms with van der Waals surface area (Å²) in [4.78, 5) is 33.6. The van der Waals surface area contributed by atoms with Gasteiger partial charge in [0.05, 0.1) is 12.9 Å². The fraction of sp³-hybridized carbons (Fsp3) is 0.300. The van der Waals surface area contributed by atoms with E-state index in [1.54, 1.807) is 6.92 Å². The molecule has 0 aromatic rings. The summed E-state index contributed by atoms with van der Waals surface area (Å²) < 4.78 is 0. The molecule has 0 saturated heterocycles. The molecule has 96 valence electrons. The maximum Gasteiger partial charge on any atom is 0.472 e. The number of rotatable bonds is 4. The zero-order valence-corrected chi connectivity index (χ0v) is 9.77. The molecule has 0 atom stereocenters. The average Bonchev–Trinajstić information content (AvgIpc) is 2.29. The van der Waals surface area contributed by atoms with E-state index in [4.69, 9.17) is 10.0 Å². The highest BCUT2D eigenvalue weighted by atomic mass is 16.4. The number of hydrogen-bond donors (Lipinski definition) is 4. The van der Waals surface area contributed by atoms with Crippen molar-refractivity contribution < 1.29 is 24.4 Å². The molecule has 0 radical (unpaired) electrons. The SMILES string of the molecule is CC1=C(/C=C/C(=O)NCB(O)O)CC(=O)NC1=O. The summed E-state index contributed by atoms with van der Waals surface area (Å²) in [6, 6.07) is 0. The van der Waals surface area contributed by atoms with Crippen molar-refractivity contribution in [3.63, 3.8) is 0 Å². The van der Waals surface area contributed by atoms with Gasteiger partial charge in [-0.15, -0.1) is 0 Å². The molecule has 0 saturated carbocycles. The van der Waals surface area contributed by atoms with E-state index < -0.39 is 24.8 Å². The van der Waals surface area contributed by atoms with Crippen LogP contribution < -0.4 is 10.6 Å². The Morgan fingerprint density at radius 2 is 2.17 bits per heavy atom. The summed E-state index contributed by atoms with van der Waals surface area (Å²) in [5, 5.41) is 21.5. The lowest BCUT2D eigenvalue weighted by atomic mass is 9.92. The third kappa shape index (κ3) is 4.15. The second-order valence-corrected chi connectivity index (χ2v) is 3.76. The Kier molecular flexibility index (Phi) is 4.81. The van der Waals surface area contributed by atoms with Crippen molar-refractivity contribution in [3.8, 4) is 0 Å². The molecule has 0 aromatic carbocycles. The van der Waals surface area contributed by atoms with Crippen LogP contribution in [0.2, 0.25) is 0 Å². The van der Waals surface area contributed by atoms with Crippen molar-refractivity contribution in [1.82, 2.24) is 10.6 Å². The maximum absolute atomic E-state index is 11.3. The van der Waals surface area contributed by atoms with Gasteiger partial charge < -0.3 is 15.4 Å². The van der Waals surface area contributed by atoms with Gasteiger partial charge in [-0.25, -0.2) is 0 Å². The van der Waals surface area contributed by atoms with Crippen molar-refractivity contribution >= 4 is 24.8 Å². The Morgan fingerprint density at radius 3 is 2.78 bits per heavy atom. The number of nitrogens with one attached hydrogen (secondary N) is 2. The molecule has 0 aliphatic carbocycles. The van der Waals surface area contributed by atoms with Gasteiger partial charge in [0.25, 0.3) is 5.91 Å². The van der Waals surface area contributed by atoms with Crippen LogP contribution >= 0.6 is 0 Å². The molecule has 0 bridgehead atoms. The Labute approximate surface area is 104 Å². The molecule has 1 rings (SSSR count). The van der Waals surface area contributed by atoms with Gasteiger partial charge in [-0.1, -0.05) is 6.08 Å². The second-order valence-electron chi connectivity index (χ2n) is 3.76. The van der Waals surface area contributed by atoms with Gasteiger partial charge in [0, 0.05) is 11.6 Å². The van der Waals surface area contributed by atoms with E-state index in [1.165, 1.54) is 6.08 Å². The third-order valence-electron chi connectivity index (χ3n) is 2.32. The van der Waals surface area contributed by atoms with Crippen molar-refractivity contribution in [2.75, 3.05) is 6.44 Å². The normalized spacial score (nSPS) is 15.9. The smallest absolute Gasteiger partial charge is 0.426 e. The molecular formula is C10H13BN2O5. The van der Waals surface area contributed by atoms with E-state index in [0.717, 1.165) is 6.08 Å². The summed E-state index contributed by atoms with van der Waals surface area (Å²) in [5.41, 5.74) is 0.837. The van der Waals surface area contributed by atoms with Crippen molar-refractivity contribution in [3.05, 3.63) is 23.3 Å². The number of carbonyl (C=O) groups excluding carboxylic acids is 3. The van der Waals surface area contributed by atoms with Gasteiger partial charge in [0.2, 0.25) is 11.8 Å². The van der Waals surface area contributed by atoms with Gasteiger partial charge in [-0.2, -0.15) is 0 Å². The molecule has 8 heteroatoms. The lowest BCUT2D eigenvalue weighted by Gasteiger charge is -2.14. The van der Waals surface area contributed by atoms with E-state index in [0.29, 0.717) is 11.1 Å². The molecule has 1 aliphatic heterocycles. The first-order chi connectivity index (χ1) is 8.40. The molecule has 4 N–H and O–H groups in total. The molecular weight excluding hydrogens is 239 g/mol. The van der Waals surface area contributed by atoms with Gasteiger partial charge in [0.1, 0.15) is 0 Å². The minimum absolute atomic E-state index is 0.0317. The van der Waals surface area contributed by atoms with Crippen LogP contribution in [0.3, 0.4) is 0 Å². The molecule has 0 spiro atoms. The Bertz CT molecular complexity index is 442. The Balaban J connectivity index is 2.65. The second kappa shape index (κ2) is 6.13. The highest BCUT2D eigenvalue weighted by molar-refractivity contribution is 6.41. The summed E-state index contributed by atoms with van der Waals surface area (Å²) in [5.74, 6) is -1.43. The number of amides is 3. The number of imide groups is 1. The fourth-order valence-electron chi connectivity index (χ4n) is 1.33. The lowest BCUT2D eigenvalue weighted by molar-refractivity contribution is -0.129. The highest BCUT2D eigenvalue weighted by Gasteiger charge is 2.20. The minimum atomic E-state index is -1.62. The van der Waals surface area contributed by atoms with Crippen molar-refractivity contribution in [2.45, 2.75) is 13.3 Å². The molecule has 7 nitrogen and oxygen atoms in total. The maximum atomic E-state index is 11.3.